The number of aliphatic hydroxyl groups is 1. The van der Waals surface area contributed by atoms with E-state index in [0.717, 1.165) is 5.56 Å². The van der Waals surface area contributed by atoms with Gasteiger partial charge in [-0.2, -0.15) is 0 Å². The molecule has 0 spiro atoms. The molecule has 0 aliphatic heterocycles. The van der Waals surface area contributed by atoms with E-state index in [0.29, 0.717) is 0 Å². The summed E-state index contributed by atoms with van der Waals surface area (Å²) in [7, 11) is 0. The van der Waals surface area contributed by atoms with E-state index in [4.69, 9.17) is 22.4 Å². The zero-order chi connectivity index (χ0) is 9.68. The average molecular weight is 199 g/mol. The van der Waals surface area contributed by atoms with Crippen molar-refractivity contribution in [3.63, 3.8) is 0 Å². The molecule has 2 unspecified atom stereocenters. The third-order valence-electron chi connectivity index (χ3n) is 1.83. The Morgan fingerprint density at radius 3 is 2.54 bits per heavy atom. The molecule has 1 radical (unpaired) electrons. The van der Waals surface area contributed by atoms with Crippen molar-refractivity contribution >= 4 is 11.6 Å². The number of benzene rings is 1. The second kappa shape index (κ2) is 5.22. The summed E-state index contributed by atoms with van der Waals surface area (Å²) in [4.78, 5) is 0. The fourth-order valence-electron chi connectivity index (χ4n) is 1.10. The monoisotopic (exact) mass is 198 g/mol. The highest BCUT2D eigenvalue weighted by atomic mass is 35.5. The van der Waals surface area contributed by atoms with Gasteiger partial charge in [0.2, 0.25) is 0 Å². The van der Waals surface area contributed by atoms with Crippen LogP contribution in [0.2, 0.25) is 0 Å². The minimum atomic E-state index is -0.311. The van der Waals surface area contributed by atoms with Crippen LogP contribution in [0.15, 0.2) is 30.3 Å². The highest BCUT2D eigenvalue weighted by Crippen LogP contribution is 2.23. The summed E-state index contributed by atoms with van der Waals surface area (Å²) in [5.74, 6) is 0. The molecule has 13 heavy (non-hydrogen) atoms. The lowest BCUT2D eigenvalue weighted by Crippen LogP contribution is -2.27. The maximum Gasteiger partial charge on any atom is 0.0739 e. The number of alkyl halides is 1. The molecule has 0 fully saturated rings. The molecule has 0 bridgehead atoms. The van der Waals surface area contributed by atoms with Crippen LogP contribution in [0.4, 0.5) is 0 Å². The summed E-state index contributed by atoms with van der Waals surface area (Å²) >= 11 is 6.07. The molecule has 0 heterocycles. The molecule has 0 saturated heterocycles. The zero-order valence-electron chi connectivity index (χ0n) is 7.23. The fourth-order valence-corrected chi connectivity index (χ4v) is 1.35. The first-order valence-corrected chi connectivity index (χ1v) is 4.58. The van der Waals surface area contributed by atoms with Crippen LogP contribution >= 0.6 is 11.6 Å². The van der Waals surface area contributed by atoms with Gasteiger partial charge in [-0.25, -0.2) is 0 Å². The summed E-state index contributed by atoms with van der Waals surface area (Å²) in [6, 6.07) is 9.28. The van der Waals surface area contributed by atoms with Gasteiger partial charge in [-0.3, -0.25) is 0 Å². The topological polar surface area (TPSA) is 46.2 Å². The lowest BCUT2D eigenvalue weighted by atomic mass is 10.0. The molecule has 0 aliphatic rings. The highest BCUT2D eigenvalue weighted by Gasteiger charge is 2.15. The maximum atomic E-state index is 8.64. The molecule has 3 N–H and O–H groups in total. The molecule has 0 aromatic heterocycles. The second-order valence-corrected chi connectivity index (χ2v) is 3.28. The summed E-state index contributed by atoms with van der Waals surface area (Å²) in [6.45, 7) is -0.0444. The van der Waals surface area contributed by atoms with Crippen LogP contribution in [0.25, 0.3) is 0 Å². The molecule has 0 amide bonds. The smallest absolute Gasteiger partial charge is 0.0739 e. The molecular weight excluding hydrogens is 186 g/mol. The Hall–Kier alpha value is -0.570. The first kappa shape index (κ1) is 10.5. The molecule has 0 aliphatic carbocycles. The van der Waals surface area contributed by atoms with Gasteiger partial charge in [0, 0.05) is 19.1 Å². The van der Waals surface area contributed by atoms with E-state index in [-0.39, 0.29) is 18.0 Å². The van der Waals surface area contributed by atoms with Gasteiger partial charge in [-0.05, 0) is 5.56 Å². The van der Waals surface area contributed by atoms with Crippen molar-refractivity contribution < 1.29 is 5.11 Å². The number of nitrogens with two attached hydrogens (primary N) is 1. The van der Waals surface area contributed by atoms with Gasteiger partial charge in [0.1, 0.15) is 0 Å². The molecule has 2 nitrogen and oxygen atoms in total. The standard InChI is InChI=1S/C10H13ClNO/c11-10(9(12)6-7-13)8-4-2-1-3-5-8/h1-6,9-10,13H,7,12H2. The van der Waals surface area contributed by atoms with E-state index in [1.807, 2.05) is 30.3 Å². The van der Waals surface area contributed by atoms with Crippen LogP contribution in [0, 0.1) is 6.42 Å². The van der Waals surface area contributed by atoms with Gasteiger partial charge in [-0.15, -0.1) is 11.6 Å². The minimum Gasteiger partial charge on any atom is -0.396 e. The molecule has 0 saturated carbocycles. The second-order valence-electron chi connectivity index (χ2n) is 2.81. The zero-order valence-corrected chi connectivity index (χ0v) is 7.98. The summed E-state index contributed by atoms with van der Waals surface area (Å²) in [6.07, 6.45) is 1.59. The van der Waals surface area contributed by atoms with E-state index in [1.54, 1.807) is 6.42 Å². The summed E-state index contributed by atoms with van der Waals surface area (Å²) in [5.41, 5.74) is 6.69. The molecule has 1 rings (SSSR count). The maximum absolute atomic E-state index is 8.64. The highest BCUT2D eigenvalue weighted by molar-refractivity contribution is 6.21. The molecule has 2 atom stereocenters. The third kappa shape index (κ3) is 2.99. The predicted octanol–water partition coefficient (Wildman–Crippen LogP) is 1.49. The predicted molar refractivity (Wildman–Crippen MR) is 54.4 cm³/mol. The number of halogens is 1. The van der Waals surface area contributed by atoms with E-state index < -0.39 is 0 Å². The van der Waals surface area contributed by atoms with Gasteiger partial charge < -0.3 is 10.8 Å². The summed E-state index contributed by atoms with van der Waals surface area (Å²) < 4.78 is 0. The molecule has 3 heteroatoms. The Bertz CT molecular complexity index is 240. The van der Waals surface area contributed by atoms with Crippen molar-refractivity contribution in [2.75, 3.05) is 6.61 Å². The minimum absolute atomic E-state index is 0.0444. The first-order valence-electron chi connectivity index (χ1n) is 4.14. The van der Waals surface area contributed by atoms with Gasteiger partial charge in [0.15, 0.2) is 0 Å². The normalized spacial score (nSPS) is 15.3. The van der Waals surface area contributed by atoms with E-state index >= 15 is 0 Å². The SMILES string of the molecule is NC([CH]CO)C(Cl)c1ccccc1. The van der Waals surface area contributed by atoms with Crippen LogP contribution in [0.1, 0.15) is 10.9 Å². The third-order valence-corrected chi connectivity index (χ3v) is 2.38. The van der Waals surface area contributed by atoms with Crippen LogP contribution in [-0.2, 0) is 0 Å². The number of aliphatic hydroxyl groups excluding tert-OH is 1. The quantitative estimate of drug-likeness (QED) is 0.721. The van der Waals surface area contributed by atoms with Crippen molar-refractivity contribution in [2.45, 2.75) is 11.4 Å². The Kier molecular flexibility index (Phi) is 4.22. The van der Waals surface area contributed by atoms with Crippen LogP contribution < -0.4 is 5.73 Å². The first-order chi connectivity index (χ1) is 6.25. The molecule has 1 aromatic carbocycles. The number of hydrogen-bond acceptors (Lipinski definition) is 2. The van der Waals surface area contributed by atoms with Crippen LogP contribution in [0.3, 0.4) is 0 Å². The largest absolute Gasteiger partial charge is 0.396 e. The van der Waals surface area contributed by atoms with Crippen molar-refractivity contribution in [3.8, 4) is 0 Å². The fraction of sp³-hybridized carbons (Fsp3) is 0.300. The van der Waals surface area contributed by atoms with Gasteiger partial charge in [-0.1, -0.05) is 30.3 Å². The Balaban J connectivity index is 2.62. The van der Waals surface area contributed by atoms with Gasteiger partial charge in [0.25, 0.3) is 0 Å². The number of rotatable bonds is 4. The van der Waals surface area contributed by atoms with Crippen molar-refractivity contribution in [3.05, 3.63) is 42.3 Å². The Morgan fingerprint density at radius 1 is 1.38 bits per heavy atom. The van der Waals surface area contributed by atoms with Gasteiger partial charge >= 0.3 is 0 Å². The van der Waals surface area contributed by atoms with Gasteiger partial charge in [0.05, 0.1) is 5.38 Å². The molecular formula is C10H13ClNO. The average Bonchev–Trinajstić information content (AvgIpc) is 2.18. The van der Waals surface area contributed by atoms with E-state index in [9.17, 15) is 0 Å². The Morgan fingerprint density at radius 2 is 2.00 bits per heavy atom. The lowest BCUT2D eigenvalue weighted by molar-refractivity contribution is 0.318. The van der Waals surface area contributed by atoms with E-state index in [2.05, 4.69) is 0 Å². The van der Waals surface area contributed by atoms with Crippen LogP contribution in [0.5, 0.6) is 0 Å². The van der Waals surface area contributed by atoms with Crippen molar-refractivity contribution in [2.24, 2.45) is 5.73 Å². The van der Waals surface area contributed by atoms with Crippen molar-refractivity contribution in [1.29, 1.82) is 0 Å². The summed E-state index contributed by atoms with van der Waals surface area (Å²) in [5, 5.41) is 8.37. The molecule has 1 aromatic rings. The van der Waals surface area contributed by atoms with Crippen molar-refractivity contribution in [1.82, 2.24) is 0 Å². The van der Waals surface area contributed by atoms with E-state index in [1.165, 1.54) is 0 Å². The van der Waals surface area contributed by atoms with Crippen LogP contribution in [-0.4, -0.2) is 17.8 Å². The number of hydrogen-bond donors (Lipinski definition) is 2. The lowest BCUT2D eigenvalue weighted by Gasteiger charge is -2.16. The molecule has 71 valence electrons. The Labute approximate surface area is 83.3 Å².